The van der Waals surface area contributed by atoms with Crippen LogP contribution < -0.4 is 4.74 Å². The fourth-order valence-corrected chi connectivity index (χ4v) is 3.67. The summed E-state index contributed by atoms with van der Waals surface area (Å²) in [6.45, 7) is 3.47. The lowest BCUT2D eigenvalue weighted by atomic mass is 9.86. The lowest BCUT2D eigenvalue weighted by Gasteiger charge is -2.20. The smallest absolute Gasteiger partial charge is 0.427 e. The second kappa shape index (κ2) is 8.76. The fourth-order valence-electron chi connectivity index (χ4n) is 3.67. The van der Waals surface area contributed by atoms with Gasteiger partial charge in [0, 0.05) is 12.3 Å². The first-order valence-corrected chi connectivity index (χ1v) is 9.10. The molecule has 1 aliphatic carbocycles. The number of hydrogen-bond donors (Lipinski definition) is 0. The molecule has 7 heteroatoms. The Balaban J connectivity index is 2.14. The molecule has 0 heterocycles. The Bertz CT molecular complexity index is 679. The Morgan fingerprint density at radius 2 is 1.74 bits per heavy atom. The molecule has 1 aromatic rings. The van der Waals surface area contributed by atoms with Crippen LogP contribution in [0.4, 0.5) is 13.2 Å². The van der Waals surface area contributed by atoms with Gasteiger partial charge in [0.25, 0.3) is 0 Å². The zero-order valence-electron chi connectivity index (χ0n) is 15.8. The lowest BCUT2D eigenvalue weighted by molar-refractivity contribution is -0.186. The Hall–Kier alpha value is -2.05. The first kappa shape index (κ1) is 21.3. The molecule has 0 bridgehead atoms. The zero-order valence-corrected chi connectivity index (χ0v) is 15.8. The van der Waals surface area contributed by atoms with E-state index in [0.717, 1.165) is 6.42 Å². The molecule has 1 aromatic carbocycles. The fraction of sp³-hybridized carbons (Fsp3) is 0.600. The predicted octanol–water partition coefficient (Wildman–Crippen LogP) is 4.34. The van der Waals surface area contributed by atoms with Gasteiger partial charge in [-0.2, -0.15) is 8.78 Å². The molecule has 0 aromatic heterocycles. The Morgan fingerprint density at radius 1 is 1.15 bits per heavy atom. The Kier molecular flexibility index (Phi) is 6.89. The van der Waals surface area contributed by atoms with Gasteiger partial charge >= 0.3 is 12.1 Å². The average Bonchev–Trinajstić information content (AvgIpc) is 3.08. The highest BCUT2D eigenvalue weighted by molar-refractivity contribution is 5.89. The van der Waals surface area contributed by atoms with E-state index < -0.39 is 18.7 Å². The van der Waals surface area contributed by atoms with Crippen molar-refractivity contribution in [3.05, 3.63) is 28.8 Å². The molecular weight excluding hydrogens is 361 g/mol. The highest BCUT2D eigenvalue weighted by atomic mass is 19.3. The van der Waals surface area contributed by atoms with Crippen molar-refractivity contribution in [1.82, 2.24) is 0 Å². The van der Waals surface area contributed by atoms with Crippen LogP contribution in [0.3, 0.4) is 0 Å². The van der Waals surface area contributed by atoms with Gasteiger partial charge in [-0.1, -0.05) is 6.42 Å². The van der Waals surface area contributed by atoms with Crippen LogP contribution in [0.1, 0.15) is 42.9 Å². The van der Waals surface area contributed by atoms with Gasteiger partial charge in [-0.3, -0.25) is 9.59 Å². The average molecular weight is 386 g/mol. The summed E-state index contributed by atoms with van der Waals surface area (Å²) in [5, 5.41) is 0. The number of halogens is 3. The maximum absolute atomic E-state index is 13.1. The molecule has 0 saturated heterocycles. The van der Waals surface area contributed by atoms with Crippen LogP contribution in [0.25, 0.3) is 0 Å². The minimum absolute atomic E-state index is 0.0560. The molecule has 2 atom stereocenters. The number of aryl methyl sites for hydroxylation is 2. The summed E-state index contributed by atoms with van der Waals surface area (Å²) >= 11 is 0. The van der Waals surface area contributed by atoms with Crippen molar-refractivity contribution >= 4 is 11.8 Å². The number of esters is 1. The van der Waals surface area contributed by atoms with Gasteiger partial charge in [0.2, 0.25) is 0 Å². The molecule has 150 valence electrons. The molecular formula is C20H25F3O4. The number of carbonyl (C=O) groups excluding carboxylic acids is 2. The van der Waals surface area contributed by atoms with E-state index in [1.807, 2.05) is 0 Å². The van der Waals surface area contributed by atoms with E-state index >= 15 is 0 Å². The maximum atomic E-state index is 13.1. The molecule has 2 rings (SSSR count). The van der Waals surface area contributed by atoms with Crippen LogP contribution in [0.15, 0.2) is 12.1 Å². The third-order valence-corrected chi connectivity index (χ3v) is 4.96. The highest BCUT2D eigenvalue weighted by Gasteiger charge is 2.38. The van der Waals surface area contributed by atoms with Crippen molar-refractivity contribution in [3.63, 3.8) is 0 Å². The van der Waals surface area contributed by atoms with Gasteiger partial charge in [0.15, 0.2) is 6.67 Å². The second-order valence-corrected chi connectivity index (χ2v) is 6.95. The van der Waals surface area contributed by atoms with Gasteiger partial charge in [0.05, 0.1) is 12.5 Å². The third kappa shape index (κ3) is 5.23. The van der Waals surface area contributed by atoms with Crippen LogP contribution in [0.2, 0.25) is 0 Å². The number of ether oxygens (including phenoxy) is 2. The number of Topliss-reactive ketones (excluding diaryl/α,β-unsaturated/α-hetero) is 1. The first-order valence-electron chi connectivity index (χ1n) is 9.10. The van der Waals surface area contributed by atoms with Gasteiger partial charge < -0.3 is 9.47 Å². The van der Waals surface area contributed by atoms with Crippen LogP contribution in [0, 0.1) is 25.7 Å². The predicted molar refractivity (Wildman–Crippen MR) is 93.6 cm³/mol. The topological polar surface area (TPSA) is 52.6 Å². The number of rotatable bonds is 8. The number of alkyl halides is 3. The SMILES string of the molecule is CCOC(=O)C1CCCC1C(=O)Cc1c(C)cc(OC(F)(F)CF)cc1C. The van der Waals surface area contributed by atoms with Crippen LogP contribution in [0.5, 0.6) is 5.75 Å². The van der Waals surface area contributed by atoms with Crippen molar-refractivity contribution in [2.45, 2.75) is 52.6 Å². The van der Waals surface area contributed by atoms with Gasteiger partial charge in [-0.15, -0.1) is 0 Å². The summed E-state index contributed by atoms with van der Waals surface area (Å²) in [5.74, 6) is -1.33. The van der Waals surface area contributed by atoms with E-state index in [-0.39, 0.29) is 36.4 Å². The van der Waals surface area contributed by atoms with E-state index in [1.54, 1.807) is 20.8 Å². The molecule has 1 fully saturated rings. The molecule has 0 amide bonds. The van der Waals surface area contributed by atoms with E-state index in [2.05, 4.69) is 4.74 Å². The second-order valence-electron chi connectivity index (χ2n) is 6.95. The minimum Gasteiger partial charge on any atom is -0.466 e. The number of hydrogen-bond acceptors (Lipinski definition) is 4. The molecule has 0 N–H and O–H groups in total. The normalized spacial score (nSPS) is 19.8. The van der Waals surface area contributed by atoms with Gasteiger partial charge in [-0.05, 0) is 62.4 Å². The third-order valence-electron chi connectivity index (χ3n) is 4.96. The summed E-state index contributed by atoms with van der Waals surface area (Å²) in [6, 6.07) is 2.74. The number of benzene rings is 1. The summed E-state index contributed by atoms with van der Waals surface area (Å²) < 4.78 is 47.9. The monoisotopic (exact) mass is 386 g/mol. The van der Waals surface area contributed by atoms with Crippen LogP contribution >= 0.6 is 0 Å². The Morgan fingerprint density at radius 3 is 2.30 bits per heavy atom. The lowest BCUT2D eigenvalue weighted by Crippen LogP contribution is -2.28. The summed E-state index contributed by atoms with van der Waals surface area (Å²) in [4.78, 5) is 24.8. The van der Waals surface area contributed by atoms with Crippen molar-refractivity contribution in [1.29, 1.82) is 0 Å². The van der Waals surface area contributed by atoms with E-state index in [0.29, 0.717) is 29.5 Å². The van der Waals surface area contributed by atoms with E-state index in [9.17, 15) is 22.8 Å². The zero-order chi connectivity index (χ0) is 20.2. The van der Waals surface area contributed by atoms with Crippen LogP contribution in [-0.2, 0) is 20.7 Å². The molecule has 1 saturated carbocycles. The van der Waals surface area contributed by atoms with Gasteiger partial charge in [-0.25, -0.2) is 4.39 Å². The first-order chi connectivity index (χ1) is 12.7. The highest BCUT2D eigenvalue weighted by Crippen LogP contribution is 2.35. The van der Waals surface area contributed by atoms with Crippen molar-refractivity contribution in [3.8, 4) is 5.75 Å². The largest absolute Gasteiger partial charge is 0.466 e. The van der Waals surface area contributed by atoms with Crippen molar-refractivity contribution < 1.29 is 32.2 Å². The molecule has 2 unspecified atom stereocenters. The summed E-state index contributed by atoms with van der Waals surface area (Å²) in [5.41, 5.74) is 1.93. The molecule has 0 aliphatic heterocycles. The van der Waals surface area contributed by atoms with E-state index in [4.69, 9.17) is 4.74 Å². The van der Waals surface area contributed by atoms with E-state index in [1.165, 1.54) is 12.1 Å². The molecule has 27 heavy (non-hydrogen) atoms. The number of ketones is 1. The molecule has 0 spiro atoms. The molecule has 0 radical (unpaired) electrons. The quantitative estimate of drug-likeness (QED) is 0.624. The summed E-state index contributed by atoms with van der Waals surface area (Å²) in [7, 11) is 0. The minimum atomic E-state index is -3.88. The summed E-state index contributed by atoms with van der Waals surface area (Å²) in [6.07, 6.45) is -1.70. The maximum Gasteiger partial charge on any atom is 0.427 e. The Labute approximate surface area is 157 Å². The van der Waals surface area contributed by atoms with Crippen LogP contribution in [-0.4, -0.2) is 31.1 Å². The molecule has 1 aliphatic rings. The van der Waals surface area contributed by atoms with Crippen molar-refractivity contribution in [2.75, 3.05) is 13.3 Å². The van der Waals surface area contributed by atoms with Gasteiger partial charge in [0.1, 0.15) is 11.5 Å². The molecule has 4 nitrogen and oxygen atoms in total. The standard InChI is InChI=1S/C20H25F3O4/c1-4-26-19(25)16-7-5-6-15(16)18(24)10-17-12(2)8-14(9-13(17)3)27-20(22,23)11-21/h8-9,15-16H,4-7,10-11H2,1-3H3. The van der Waals surface area contributed by atoms with Crippen molar-refractivity contribution in [2.24, 2.45) is 11.8 Å². The number of carbonyl (C=O) groups is 2.